The highest BCUT2D eigenvalue weighted by atomic mass is 16.2. The van der Waals surface area contributed by atoms with Crippen LogP contribution in [0, 0.1) is 0 Å². The zero-order valence-electron chi connectivity index (χ0n) is 13.3. The predicted molar refractivity (Wildman–Crippen MR) is 85.4 cm³/mol. The van der Waals surface area contributed by atoms with E-state index in [-0.39, 0.29) is 11.5 Å². The van der Waals surface area contributed by atoms with Crippen molar-refractivity contribution in [2.75, 3.05) is 6.54 Å². The van der Waals surface area contributed by atoms with Crippen LogP contribution in [0.2, 0.25) is 0 Å². The molecule has 0 spiro atoms. The number of nitrogens with one attached hydrogen (secondary N) is 1. The number of hydrogen-bond donors (Lipinski definition) is 1. The van der Waals surface area contributed by atoms with Crippen LogP contribution in [0.5, 0.6) is 0 Å². The minimum atomic E-state index is -0.175. The van der Waals surface area contributed by atoms with Crippen molar-refractivity contribution in [3.05, 3.63) is 51.0 Å². The van der Waals surface area contributed by atoms with E-state index in [1.165, 1.54) is 0 Å². The molecule has 0 saturated heterocycles. The van der Waals surface area contributed by atoms with Gasteiger partial charge in [-0.15, -0.1) is 0 Å². The van der Waals surface area contributed by atoms with Gasteiger partial charge in [0.05, 0.1) is 24.3 Å². The molecule has 1 aliphatic carbocycles. The van der Waals surface area contributed by atoms with Crippen LogP contribution in [0.4, 0.5) is 0 Å². The third kappa shape index (κ3) is 2.29. The monoisotopic (exact) mass is 312 g/mol. The van der Waals surface area contributed by atoms with Crippen molar-refractivity contribution in [2.24, 2.45) is 7.05 Å². The average molecular weight is 312 g/mol. The molecular weight excluding hydrogens is 292 g/mol. The first-order chi connectivity index (χ1) is 11.1. The maximum atomic E-state index is 12.9. The summed E-state index contributed by atoms with van der Waals surface area (Å²) in [6.07, 6.45) is 6.51. The van der Waals surface area contributed by atoms with Crippen molar-refractivity contribution in [3.63, 3.8) is 0 Å². The lowest BCUT2D eigenvalue weighted by Crippen LogP contribution is -2.40. The molecule has 23 heavy (non-hydrogen) atoms. The van der Waals surface area contributed by atoms with E-state index in [2.05, 4.69) is 9.97 Å². The van der Waals surface area contributed by atoms with Crippen LogP contribution in [0.15, 0.2) is 17.2 Å². The first-order valence-electron chi connectivity index (χ1n) is 8.17. The van der Waals surface area contributed by atoms with E-state index in [1.54, 1.807) is 22.8 Å². The highest BCUT2D eigenvalue weighted by molar-refractivity contribution is 5.94. The molecule has 2 aliphatic rings. The zero-order chi connectivity index (χ0) is 16.0. The second-order valence-corrected chi connectivity index (χ2v) is 6.41. The van der Waals surface area contributed by atoms with Crippen molar-refractivity contribution in [2.45, 2.75) is 38.6 Å². The number of imidazole rings is 1. The van der Waals surface area contributed by atoms with Gasteiger partial charge in [0.25, 0.3) is 11.5 Å². The topological polar surface area (TPSA) is 71.0 Å². The Labute approximate surface area is 134 Å². The Balaban J connectivity index is 1.69. The molecule has 4 rings (SSSR count). The van der Waals surface area contributed by atoms with Gasteiger partial charge in [-0.3, -0.25) is 9.59 Å². The van der Waals surface area contributed by atoms with E-state index in [0.29, 0.717) is 18.7 Å². The van der Waals surface area contributed by atoms with Gasteiger partial charge in [-0.25, -0.2) is 4.98 Å². The molecule has 0 aromatic carbocycles. The molecule has 1 aliphatic heterocycles. The molecule has 1 amide bonds. The van der Waals surface area contributed by atoms with E-state index in [1.807, 2.05) is 6.07 Å². The van der Waals surface area contributed by atoms with Gasteiger partial charge in [0.1, 0.15) is 5.56 Å². The van der Waals surface area contributed by atoms with Gasteiger partial charge in [-0.05, 0) is 37.3 Å². The van der Waals surface area contributed by atoms with Gasteiger partial charge in [-0.1, -0.05) is 0 Å². The number of carbonyl (C=O) groups is 1. The number of H-pyrrole nitrogens is 1. The minimum Gasteiger partial charge on any atom is -0.347 e. The number of fused-ring (bicyclic) bond motifs is 2. The number of aryl methyl sites for hydroxylation is 1. The van der Waals surface area contributed by atoms with Gasteiger partial charge in [0.2, 0.25) is 0 Å². The van der Waals surface area contributed by atoms with E-state index in [9.17, 15) is 9.59 Å². The summed E-state index contributed by atoms with van der Waals surface area (Å²) >= 11 is 0. The lowest BCUT2D eigenvalue weighted by molar-refractivity contribution is 0.0729. The average Bonchev–Trinajstić information content (AvgIpc) is 3.05. The molecule has 3 heterocycles. The number of hydrogen-bond acceptors (Lipinski definition) is 3. The molecular formula is C17H20N4O2. The first-order valence-corrected chi connectivity index (χ1v) is 8.17. The Hall–Kier alpha value is -2.37. The quantitative estimate of drug-likeness (QED) is 0.860. The summed E-state index contributed by atoms with van der Waals surface area (Å²) in [6.45, 7) is 1.10. The van der Waals surface area contributed by atoms with Gasteiger partial charge in [-0.2, -0.15) is 0 Å². The minimum absolute atomic E-state index is 0.167. The standard InChI is InChI=1S/C17H20N4O2/c1-20-15-5-3-2-4-11(15)8-12(16(20)22)17(23)21-7-6-13-14(9-21)19-10-18-13/h8,10H,2-7,9H2,1H3,(H,18,19). The highest BCUT2D eigenvalue weighted by Crippen LogP contribution is 2.22. The molecule has 6 heteroatoms. The zero-order valence-corrected chi connectivity index (χ0v) is 13.3. The molecule has 2 aromatic rings. The van der Waals surface area contributed by atoms with Crippen molar-refractivity contribution in [1.29, 1.82) is 0 Å². The number of nitrogens with zero attached hydrogens (tertiary/aromatic N) is 3. The highest BCUT2D eigenvalue weighted by Gasteiger charge is 2.27. The third-order valence-corrected chi connectivity index (χ3v) is 5.03. The first kappa shape index (κ1) is 14.2. The number of carbonyl (C=O) groups excluding carboxylic acids is 1. The molecule has 0 unspecified atom stereocenters. The Morgan fingerprint density at radius 3 is 2.96 bits per heavy atom. The van der Waals surface area contributed by atoms with Crippen molar-refractivity contribution in [3.8, 4) is 0 Å². The Morgan fingerprint density at radius 2 is 2.09 bits per heavy atom. The Bertz CT molecular complexity index is 834. The summed E-state index contributed by atoms with van der Waals surface area (Å²) in [5, 5.41) is 0. The summed E-state index contributed by atoms with van der Waals surface area (Å²) in [5.41, 5.74) is 4.36. The van der Waals surface area contributed by atoms with Crippen LogP contribution >= 0.6 is 0 Å². The van der Waals surface area contributed by atoms with Gasteiger partial charge >= 0.3 is 0 Å². The number of amides is 1. The summed E-state index contributed by atoms with van der Waals surface area (Å²) in [4.78, 5) is 34.6. The molecule has 0 atom stereocenters. The summed E-state index contributed by atoms with van der Waals surface area (Å²) in [7, 11) is 1.78. The second kappa shape index (κ2) is 5.37. The maximum Gasteiger partial charge on any atom is 0.263 e. The van der Waals surface area contributed by atoms with Gasteiger partial charge < -0.3 is 14.5 Å². The van der Waals surface area contributed by atoms with Crippen LogP contribution in [-0.4, -0.2) is 31.9 Å². The van der Waals surface area contributed by atoms with E-state index in [0.717, 1.165) is 54.7 Å². The molecule has 1 N–H and O–H groups in total. The van der Waals surface area contributed by atoms with Gasteiger partial charge in [0.15, 0.2) is 0 Å². The van der Waals surface area contributed by atoms with Crippen LogP contribution in [0.25, 0.3) is 0 Å². The van der Waals surface area contributed by atoms with Crippen LogP contribution < -0.4 is 5.56 Å². The van der Waals surface area contributed by atoms with Crippen molar-refractivity contribution >= 4 is 5.91 Å². The number of aromatic amines is 1. The molecule has 0 fully saturated rings. The smallest absolute Gasteiger partial charge is 0.263 e. The molecule has 0 saturated carbocycles. The summed E-state index contributed by atoms with van der Waals surface area (Å²) in [5.74, 6) is -0.167. The Kier molecular flexibility index (Phi) is 3.32. The van der Waals surface area contributed by atoms with Crippen molar-refractivity contribution in [1.82, 2.24) is 19.4 Å². The maximum absolute atomic E-state index is 12.9. The molecule has 6 nitrogen and oxygen atoms in total. The number of pyridine rings is 1. The lowest BCUT2D eigenvalue weighted by atomic mass is 9.94. The summed E-state index contributed by atoms with van der Waals surface area (Å²) in [6, 6.07) is 1.83. The van der Waals surface area contributed by atoms with Crippen LogP contribution in [-0.2, 0) is 32.9 Å². The fourth-order valence-corrected chi connectivity index (χ4v) is 3.70. The fraction of sp³-hybridized carbons (Fsp3) is 0.471. The van der Waals surface area contributed by atoms with Crippen LogP contribution in [0.3, 0.4) is 0 Å². The Morgan fingerprint density at radius 1 is 1.26 bits per heavy atom. The molecule has 120 valence electrons. The number of rotatable bonds is 1. The SMILES string of the molecule is Cn1c2c(cc(C(=O)N3CCc4nc[nH]c4C3)c1=O)CCCC2. The lowest BCUT2D eigenvalue weighted by Gasteiger charge is -2.27. The largest absolute Gasteiger partial charge is 0.347 e. The molecule has 0 bridgehead atoms. The summed E-state index contributed by atoms with van der Waals surface area (Å²) < 4.78 is 1.67. The van der Waals surface area contributed by atoms with E-state index >= 15 is 0 Å². The van der Waals surface area contributed by atoms with E-state index in [4.69, 9.17) is 0 Å². The van der Waals surface area contributed by atoms with Gasteiger partial charge in [0, 0.05) is 25.7 Å². The number of aromatic nitrogens is 3. The predicted octanol–water partition coefficient (Wildman–Crippen LogP) is 1.19. The molecule has 2 aromatic heterocycles. The van der Waals surface area contributed by atoms with E-state index < -0.39 is 0 Å². The van der Waals surface area contributed by atoms with Crippen LogP contribution in [0.1, 0.15) is 45.8 Å². The normalized spacial score (nSPS) is 16.8. The third-order valence-electron chi connectivity index (χ3n) is 5.03. The fourth-order valence-electron chi connectivity index (χ4n) is 3.70. The van der Waals surface area contributed by atoms with Crippen molar-refractivity contribution < 1.29 is 4.79 Å². The second-order valence-electron chi connectivity index (χ2n) is 6.41. The molecule has 0 radical (unpaired) electrons.